The third kappa shape index (κ3) is 2.52. The third-order valence-electron chi connectivity index (χ3n) is 3.26. The Morgan fingerprint density at radius 1 is 1.38 bits per heavy atom. The van der Waals surface area contributed by atoms with E-state index in [1.54, 1.807) is 0 Å². The van der Waals surface area contributed by atoms with Gasteiger partial charge < -0.3 is 5.11 Å². The van der Waals surface area contributed by atoms with Crippen molar-refractivity contribution in [3.05, 3.63) is 48.6 Å². The van der Waals surface area contributed by atoms with Crippen LogP contribution in [0.1, 0.15) is 18.4 Å². The summed E-state index contributed by atoms with van der Waals surface area (Å²) in [5, 5.41) is 9.88. The van der Waals surface area contributed by atoms with Gasteiger partial charge in [0.1, 0.15) is 0 Å². The molecule has 1 aromatic rings. The fourth-order valence-electron chi connectivity index (χ4n) is 2.39. The Kier molecular flexibility index (Phi) is 3.75. The maximum atomic E-state index is 9.88. The highest BCUT2D eigenvalue weighted by molar-refractivity contribution is 5.15. The maximum absolute atomic E-state index is 9.88. The smallest absolute Gasteiger partial charge is 0.0710 e. The maximum Gasteiger partial charge on any atom is 0.0710 e. The molecule has 86 valence electrons. The van der Waals surface area contributed by atoms with Gasteiger partial charge in [0.25, 0.3) is 0 Å². The Morgan fingerprint density at radius 3 is 2.81 bits per heavy atom. The zero-order chi connectivity index (χ0) is 11.4. The van der Waals surface area contributed by atoms with Crippen LogP contribution in [0, 0.1) is 0 Å². The van der Waals surface area contributed by atoms with Gasteiger partial charge in [0.15, 0.2) is 0 Å². The molecule has 0 bridgehead atoms. The first kappa shape index (κ1) is 11.4. The molecule has 0 saturated carbocycles. The summed E-state index contributed by atoms with van der Waals surface area (Å²) in [5.74, 6) is 0. The van der Waals surface area contributed by atoms with E-state index in [4.69, 9.17) is 0 Å². The summed E-state index contributed by atoms with van der Waals surface area (Å²) in [6.45, 7) is 5.67. The lowest BCUT2D eigenvalue weighted by Gasteiger charge is -2.25. The number of nitrogens with zero attached hydrogens (tertiary/aromatic N) is 1. The molecule has 0 unspecified atom stereocenters. The summed E-state index contributed by atoms with van der Waals surface area (Å²) in [5.41, 5.74) is 1.31. The van der Waals surface area contributed by atoms with Crippen LogP contribution in [0.4, 0.5) is 0 Å². The van der Waals surface area contributed by atoms with Crippen LogP contribution in [0.3, 0.4) is 0 Å². The van der Waals surface area contributed by atoms with Crippen LogP contribution in [-0.2, 0) is 6.54 Å². The molecule has 2 heteroatoms. The van der Waals surface area contributed by atoms with Crippen LogP contribution in [0.5, 0.6) is 0 Å². The summed E-state index contributed by atoms with van der Waals surface area (Å²) in [4.78, 5) is 2.35. The second-order valence-corrected chi connectivity index (χ2v) is 4.40. The zero-order valence-electron chi connectivity index (χ0n) is 9.55. The van der Waals surface area contributed by atoms with Gasteiger partial charge in [-0.25, -0.2) is 0 Å². The lowest BCUT2D eigenvalue weighted by Crippen LogP contribution is -2.34. The Morgan fingerprint density at radius 2 is 2.12 bits per heavy atom. The minimum Gasteiger partial charge on any atom is -0.391 e. The first-order valence-corrected chi connectivity index (χ1v) is 5.88. The van der Waals surface area contributed by atoms with E-state index in [1.807, 2.05) is 12.1 Å². The highest BCUT2D eigenvalue weighted by Gasteiger charge is 2.31. The molecule has 1 N–H and O–H groups in total. The van der Waals surface area contributed by atoms with Gasteiger partial charge in [-0.3, -0.25) is 4.90 Å². The Bertz CT molecular complexity index is 336. The minimum atomic E-state index is -0.193. The molecule has 1 saturated heterocycles. The zero-order valence-corrected chi connectivity index (χ0v) is 9.55. The number of hydrogen-bond donors (Lipinski definition) is 1. The van der Waals surface area contributed by atoms with Crippen molar-refractivity contribution in [1.29, 1.82) is 0 Å². The van der Waals surface area contributed by atoms with E-state index in [1.165, 1.54) is 5.56 Å². The standard InChI is InChI=1S/C14H19NO/c1-2-6-13-14(16)9-10-15(13)11-12-7-4-3-5-8-12/h2-5,7-8,13-14,16H,1,6,9-11H2/t13-,14+/m0/s1. The van der Waals surface area contributed by atoms with E-state index in [0.717, 1.165) is 25.9 Å². The average Bonchev–Trinajstić information content (AvgIpc) is 2.64. The van der Waals surface area contributed by atoms with Crippen LogP contribution in [0.25, 0.3) is 0 Å². The van der Waals surface area contributed by atoms with E-state index < -0.39 is 0 Å². The number of benzene rings is 1. The van der Waals surface area contributed by atoms with Gasteiger partial charge in [-0.2, -0.15) is 0 Å². The highest BCUT2D eigenvalue weighted by Crippen LogP contribution is 2.23. The molecular formula is C14H19NO. The molecule has 1 aliphatic rings. The molecule has 2 nitrogen and oxygen atoms in total. The lowest BCUT2D eigenvalue weighted by molar-refractivity contribution is 0.114. The molecule has 1 fully saturated rings. The molecule has 0 radical (unpaired) electrons. The summed E-state index contributed by atoms with van der Waals surface area (Å²) in [6.07, 6.45) is 3.46. The second kappa shape index (κ2) is 5.28. The Balaban J connectivity index is 2.01. The fourth-order valence-corrected chi connectivity index (χ4v) is 2.39. The van der Waals surface area contributed by atoms with Gasteiger partial charge in [-0.05, 0) is 18.4 Å². The third-order valence-corrected chi connectivity index (χ3v) is 3.26. The molecule has 1 aromatic carbocycles. The van der Waals surface area contributed by atoms with Crippen LogP contribution in [0.2, 0.25) is 0 Å². The predicted octanol–water partition coefficient (Wildman–Crippen LogP) is 2.20. The molecule has 2 rings (SSSR count). The first-order valence-electron chi connectivity index (χ1n) is 5.88. The quantitative estimate of drug-likeness (QED) is 0.782. The lowest BCUT2D eigenvalue weighted by atomic mass is 10.1. The summed E-state index contributed by atoms with van der Waals surface area (Å²) in [6, 6.07) is 10.7. The van der Waals surface area contributed by atoms with Crippen LogP contribution in [-0.4, -0.2) is 28.7 Å². The molecule has 2 atom stereocenters. The average molecular weight is 217 g/mol. The first-order chi connectivity index (χ1) is 7.81. The van der Waals surface area contributed by atoms with E-state index in [2.05, 4.69) is 35.7 Å². The van der Waals surface area contributed by atoms with Crippen molar-refractivity contribution in [3.63, 3.8) is 0 Å². The summed E-state index contributed by atoms with van der Waals surface area (Å²) in [7, 11) is 0. The fraction of sp³-hybridized carbons (Fsp3) is 0.429. The van der Waals surface area contributed by atoms with Crippen molar-refractivity contribution in [2.75, 3.05) is 6.54 Å². The van der Waals surface area contributed by atoms with Crippen molar-refractivity contribution in [2.45, 2.75) is 31.5 Å². The number of hydrogen-bond acceptors (Lipinski definition) is 2. The van der Waals surface area contributed by atoms with Gasteiger partial charge in [-0.1, -0.05) is 36.4 Å². The van der Waals surface area contributed by atoms with Gasteiger partial charge in [-0.15, -0.1) is 6.58 Å². The van der Waals surface area contributed by atoms with Crippen LogP contribution >= 0.6 is 0 Å². The van der Waals surface area contributed by atoms with Crippen LogP contribution in [0.15, 0.2) is 43.0 Å². The summed E-state index contributed by atoms with van der Waals surface area (Å²) < 4.78 is 0. The van der Waals surface area contributed by atoms with Crippen molar-refractivity contribution in [3.8, 4) is 0 Å². The Labute approximate surface area is 97.2 Å². The number of likely N-dealkylation sites (tertiary alicyclic amines) is 1. The number of aliphatic hydroxyl groups excluding tert-OH is 1. The molecule has 0 aromatic heterocycles. The van der Waals surface area contributed by atoms with Crippen molar-refractivity contribution < 1.29 is 5.11 Å². The molecule has 0 spiro atoms. The van der Waals surface area contributed by atoms with Gasteiger partial charge in [0.2, 0.25) is 0 Å². The monoisotopic (exact) mass is 217 g/mol. The normalized spacial score (nSPS) is 25.8. The molecular weight excluding hydrogens is 198 g/mol. The summed E-state index contributed by atoms with van der Waals surface area (Å²) >= 11 is 0. The SMILES string of the molecule is C=CC[C@H]1[C@H](O)CCN1Cc1ccccc1. The van der Waals surface area contributed by atoms with Gasteiger partial charge in [0, 0.05) is 19.1 Å². The molecule has 1 heterocycles. The molecule has 0 amide bonds. The Hall–Kier alpha value is -1.12. The van der Waals surface area contributed by atoms with Crippen LogP contribution < -0.4 is 0 Å². The van der Waals surface area contributed by atoms with Crippen molar-refractivity contribution in [2.24, 2.45) is 0 Å². The molecule has 16 heavy (non-hydrogen) atoms. The van der Waals surface area contributed by atoms with E-state index in [-0.39, 0.29) is 12.1 Å². The van der Waals surface area contributed by atoms with Gasteiger partial charge in [0.05, 0.1) is 6.10 Å². The van der Waals surface area contributed by atoms with Crippen molar-refractivity contribution in [1.82, 2.24) is 4.90 Å². The minimum absolute atomic E-state index is 0.193. The second-order valence-electron chi connectivity index (χ2n) is 4.40. The highest BCUT2D eigenvalue weighted by atomic mass is 16.3. The topological polar surface area (TPSA) is 23.5 Å². The van der Waals surface area contributed by atoms with E-state index in [9.17, 15) is 5.11 Å². The van der Waals surface area contributed by atoms with Gasteiger partial charge >= 0.3 is 0 Å². The molecule has 1 aliphatic heterocycles. The number of rotatable bonds is 4. The van der Waals surface area contributed by atoms with Crippen molar-refractivity contribution >= 4 is 0 Å². The number of aliphatic hydroxyl groups is 1. The largest absolute Gasteiger partial charge is 0.391 e. The molecule has 0 aliphatic carbocycles. The predicted molar refractivity (Wildman–Crippen MR) is 66.1 cm³/mol. The van der Waals surface area contributed by atoms with E-state index >= 15 is 0 Å². The van der Waals surface area contributed by atoms with E-state index in [0.29, 0.717) is 0 Å².